The third-order valence-corrected chi connectivity index (χ3v) is 9.02. The minimum Gasteiger partial charge on any atom is -0.465 e. The van der Waals surface area contributed by atoms with Crippen molar-refractivity contribution in [1.82, 2.24) is 19.7 Å². The van der Waals surface area contributed by atoms with Crippen LogP contribution in [-0.4, -0.2) is 67.8 Å². The second kappa shape index (κ2) is 14.6. The SMILES string of the molecule is CCCCCCCCOC(=O)[C@H](C)NP(=O)(OC[C@@]1(C)O[C@@H](c2ccc3c(N)ncnn23)[C@H](O)[C@@H]1O)Oc1ccccc1. The number of para-hydroxylation sites is 1. The largest absolute Gasteiger partial charge is 0.465 e. The van der Waals surface area contributed by atoms with E-state index in [4.69, 9.17) is 24.3 Å². The molecule has 1 aliphatic heterocycles. The van der Waals surface area contributed by atoms with Gasteiger partial charge in [0, 0.05) is 0 Å². The Labute approximate surface area is 251 Å². The molecule has 6 atom stereocenters. The Morgan fingerprint density at radius 3 is 2.63 bits per heavy atom. The van der Waals surface area contributed by atoms with Crippen molar-refractivity contribution in [3.63, 3.8) is 0 Å². The van der Waals surface area contributed by atoms with E-state index in [2.05, 4.69) is 22.1 Å². The molecule has 1 fully saturated rings. The van der Waals surface area contributed by atoms with E-state index in [1.165, 1.54) is 31.1 Å². The summed E-state index contributed by atoms with van der Waals surface area (Å²) >= 11 is 0. The molecule has 1 aromatic carbocycles. The van der Waals surface area contributed by atoms with Crippen molar-refractivity contribution < 1.29 is 38.1 Å². The van der Waals surface area contributed by atoms with Gasteiger partial charge in [-0.25, -0.2) is 14.1 Å². The number of aromatic nitrogens is 3. The van der Waals surface area contributed by atoms with Crippen molar-refractivity contribution in [3.05, 3.63) is 54.5 Å². The summed E-state index contributed by atoms with van der Waals surface area (Å²) in [5.74, 6) is -0.127. The Morgan fingerprint density at radius 2 is 1.88 bits per heavy atom. The lowest BCUT2D eigenvalue weighted by atomic mass is 9.97. The summed E-state index contributed by atoms with van der Waals surface area (Å²) in [7, 11) is -4.24. The highest BCUT2D eigenvalue weighted by atomic mass is 31.2. The zero-order valence-corrected chi connectivity index (χ0v) is 25.7. The number of aliphatic hydroxyl groups excluding tert-OH is 2. The number of nitrogens with one attached hydrogen (secondary N) is 1. The maximum Gasteiger partial charge on any atom is 0.459 e. The molecule has 4 rings (SSSR count). The van der Waals surface area contributed by atoms with Crippen molar-refractivity contribution in [3.8, 4) is 5.75 Å². The molecule has 1 saturated heterocycles. The molecule has 0 radical (unpaired) electrons. The predicted octanol–water partition coefficient (Wildman–Crippen LogP) is 3.95. The van der Waals surface area contributed by atoms with Crippen molar-refractivity contribution in [2.24, 2.45) is 0 Å². The summed E-state index contributed by atoms with van der Waals surface area (Å²) in [6.45, 7) is 4.97. The lowest BCUT2D eigenvalue weighted by Crippen LogP contribution is -2.45. The molecule has 236 valence electrons. The van der Waals surface area contributed by atoms with Gasteiger partial charge in [-0.15, -0.1) is 0 Å². The topological polar surface area (TPSA) is 180 Å². The van der Waals surface area contributed by atoms with E-state index in [1.807, 2.05) is 0 Å². The number of hydrogen-bond acceptors (Lipinski definition) is 11. The summed E-state index contributed by atoms with van der Waals surface area (Å²) in [5.41, 5.74) is 5.35. The fraction of sp³-hybridized carbons (Fsp3) is 0.552. The van der Waals surface area contributed by atoms with Crippen LogP contribution in [0.15, 0.2) is 48.8 Å². The Kier molecular flexibility index (Phi) is 11.2. The first-order chi connectivity index (χ1) is 20.6. The summed E-state index contributed by atoms with van der Waals surface area (Å²) in [6, 6.07) is 10.6. The molecular weight excluding hydrogens is 577 g/mol. The number of esters is 1. The number of nitrogens with two attached hydrogens (primary N) is 1. The Bertz CT molecular complexity index is 1390. The maximum atomic E-state index is 14.0. The molecule has 3 aromatic rings. The van der Waals surface area contributed by atoms with Gasteiger partial charge in [0.2, 0.25) is 0 Å². The standard InChI is InChI=1S/C29H42N5O8P/c1-4-5-6-7-8-12-17-39-28(37)20(2)33-43(38,42-21-13-10-9-11-14-21)40-18-29(3)26(36)24(35)25(41-29)22-15-16-23-27(30)31-19-32-34(22)23/h9-11,13-16,19-20,24-26,35-36H,4-8,12,17-18H2,1-3H3,(H,33,38)(H2,30,31,32)/t20-,24-,25-,26-,29+,43?/m0/s1. The number of aliphatic hydroxyl groups is 2. The quantitative estimate of drug-likeness (QED) is 0.103. The van der Waals surface area contributed by atoms with E-state index in [1.54, 1.807) is 42.5 Å². The van der Waals surface area contributed by atoms with Gasteiger partial charge in [0.05, 0.1) is 18.9 Å². The number of fused-ring (bicyclic) bond motifs is 1. The molecule has 0 spiro atoms. The number of carbonyl (C=O) groups is 1. The molecule has 2 aromatic heterocycles. The Hall–Kier alpha value is -3.06. The van der Waals surface area contributed by atoms with E-state index in [0.717, 1.165) is 32.1 Å². The third kappa shape index (κ3) is 8.11. The number of carbonyl (C=O) groups excluding carboxylic acids is 1. The van der Waals surface area contributed by atoms with E-state index in [9.17, 15) is 19.6 Å². The van der Waals surface area contributed by atoms with Crippen molar-refractivity contribution in [2.75, 3.05) is 18.9 Å². The monoisotopic (exact) mass is 619 g/mol. The minimum absolute atomic E-state index is 0.235. The van der Waals surface area contributed by atoms with Gasteiger partial charge in [-0.05, 0) is 44.5 Å². The van der Waals surface area contributed by atoms with Gasteiger partial charge in [0.15, 0.2) is 5.82 Å². The minimum atomic E-state index is -4.24. The highest BCUT2D eigenvalue weighted by Gasteiger charge is 2.54. The average Bonchev–Trinajstić information content (AvgIpc) is 3.52. The molecular formula is C29H42N5O8P. The van der Waals surface area contributed by atoms with E-state index < -0.39 is 50.3 Å². The van der Waals surface area contributed by atoms with Gasteiger partial charge >= 0.3 is 13.7 Å². The third-order valence-electron chi connectivity index (χ3n) is 7.40. The van der Waals surface area contributed by atoms with Crippen molar-refractivity contribution >= 4 is 25.1 Å². The first-order valence-electron chi connectivity index (χ1n) is 14.6. The fourth-order valence-electron chi connectivity index (χ4n) is 4.89. The maximum absolute atomic E-state index is 14.0. The first kappa shape index (κ1) is 32.8. The molecule has 3 heterocycles. The first-order valence-corrected chi connectivity index (χ1v) is 16.2. The van der Waals surface area contributed by atoms with Crippen LogP contribution in [0.5, 0.6) is 5.75 Å². The van der Waals surface area contributed by atoms with Crippen LogP contribution in [0.2, 0.25) is 0 Å². The van der Waals surface area contributed by atoms with Crippen molar-refractivity contribution in [2.45, 2.75) is 89.3 Å². The molecule has 14 heteroatoms. The highest BCUT2D eigenvalue weighted by Crippen LogP contribution is 2.48. The number of unbranched alkanes of at least 4 members (excludes halogenated alkanes) is 5. The Morgan fingerprint density at radius 1 is 1.16 bits per heavy atom. The summed E-state index contributed by atoms with van der Waals surface area (Å²) < 4.78 is 38.5. The van der Waals surface area contributed by atoms with Crippen LogP contribution in [0.3, 0.4) is 0 Å². The van der Waals surface area contributed by atoms with E-state index in [-0.39, 0.29) is 18.2 Å². The average molecular weight is 620 g/mol. The van der Waals surface area contributed by atoms with Crippen LogP contribution < -0.4 is 15.3 Å². The van der Waals surface area contributed by atoms with Crippen LogP contribution in [0.25, 0.3) is 5.52 Å². The van der Waals surface area contributed by atoms with Crippen LogP contribution in [0, 0.1) is 0 Å². The molecule has 0 saturated carbocycles. The number of rotatable bonds is 16. The van der Waals surface area contributed by atoms with Gasteiger partial charge in [-0.3, -0.25) is 9.32 Å². The van der Waals surface area contributed by atoms with Gasteiger partial charge < -0.3 is 29.9 Å². The molecule has 0 aliphatic carbocycles. The van der Waals surface area contributed by atoms with Gasteiger partial charge in [-0.1, -0.05) is 57.2 Å². The van der Waals surface area contributed by atoms with Gasteiger partial charge in [-0.2, -0.15) is 10.2 Å². The number of ether oxygens (including phenoxy) is 2. The fourth-order valence-corrected chi connectivity index (χ4v) is 6.48. The van der Waals surface area contributed by atoms with Crippen molar-refractivity contribution in [1.29, 1.82) is 0 Å². The zero-order valence-electron chi connectivity index (χ0n) is 24.8. The Balaban J connectivity index is 1.43. The number of hydrogen-bond donors (Lipinski definition) is 4. The number of anilines is 1. The lowest BCUT2D eigenvalue weighted by molar-refractivity contribution is -0.145. The molecule has 1 aliphatic rings. The van der Waals surface area contributed by atoms with Gasteiger partial charge in [0.1, 0.15) is 47.5 Å². The molecule has 0 bridgehead atoms. The molecule has 0 amide bonds. The number of nitrogen functional groups attached to an aromatic ring is 1. The summed E-state index contributed by atoms with van der Waals surface area (Å²) in [4.78, 5) is 16.7. The highest BCUT2D eigenvalue weighted by molar-refractivity contribution is 7.52. The normalized spacial score (nSPS) is 24.1. The molecule has 43 heavy (non-hydrogen) atoms. The number of benzene rings is 1. The zero-order chi connectivity index (χ0) is 31.0. The number of nitrogens with zero attached hydrogens (tertiary/aromatic N) is 3. The lowest BCUT2D eigenvalue weighted by Gasteiger charge is -2.30. The smallest absolute Gasteiger partial charge is 0.459 e. The summed E-state index contributed by atoms with van der Waals surface area (Å²) in [5, 5.41) is 28.8. The van der Waals surface area contributed by atoms with Crippen LogP contribution in [0.1, 0.15) is 71.1 Å². The second-order valence-electron chi connectivity index (χ2n) is 10.9. The van der Waals surface area contributed by atoms with Crippen LogP contribution in [0.4, 0.5) is 5.82 Å². The van der Waals surface area contributed by atoms with E-state index >= 15 is 0 Å². The second-order valence-corrected chi connectivity index (χ2v) is 12.6. The van der Waals surface area contributed by atoms with Crippen LogP contribution in [-0.2, 0) is 23.4 Å². The molecule has 5 N–H and O–H groups in total. The predicted molar refractivity (Wildman–Crippen MR) is 159 cm³/mol. The molecule has 13 nitrogen and oxygen atoms in total. The summed E-state index contributed by atoms with van der Waals surface area (Å²) in [6.07, 6.45) is 3.72. The van der Waals surface area contributed by atoms with Gasteiger partial charge in [0.25, 0.3) is 0 Å². The molecule has 1 unspecified atom stereocenters. The van der Waals surface area contributed by atoms with E-state index in [0.29, 0.717) is 11.2 Å². The van der Waals surface area contributed by atoms with Crippen LogP contribution >= 0.6 is 7.75 Å².